The fraction of sp³-hybridized carbons (Fsp3) is 0.583. The molecule has 1 rings (SSSR count). The van der Waals surface area contributed by atoms with Gasteiger partial charge in [0.2, 0.25) is 17.7 Å². The van der Waals surface area contributed by atoms with Gasteiger partial charge in [0.25, 0.3) is 0 Å². The van der Waals surface area contributed by atoms with Crippen molar-refractivity contribution in [2.75, 3.05) is 0 Å². The zero-order chi connectivity index (χ0) is 26.0. The molecule has 0 aliphatic rings. The van der Waals surface area contributed by atoms with Gasteiger partial charge in [-0.2, -0.15) is 0 Å². The first-order chi connectivity index (χ1) is 15.8. The highest BCUT2D eigenvalue weighted by molar-refractivity contribution is 5.94. The van der Waals surface area contributed by atoms with E-state index in [1.54, 1.807) is 38.1 Å². The number of nitrogens with two attached hydrogens (primary N) is 1. The molecule has 0 bridgehead atoms. The van der Waals surface area contributed by atoms with Crippen LogP contribution in [0.3, 0.4) is 0 Å². The molecule has 0 aliphatic heterocycles. The van der Waals surface area contributed by atoms with Crippen molar-refractivity contribution in [2.24, 2.45) is 17.6 Å². The normalized spacial score (nSPS) is 15.7. The summed E-state index contributed by atoms with van der Waals surface area (Å²) in [5.74, 6) is -3.46. The zero-order valence-corrected chi connectivity index (χ0v) is 20.4. The van der Waals surface area contributed by atoms with E-state index in [4.69, 9.17) is 5.73 Å². The van der Waals surface area contributed by atoms with Crippen molar-refractivity contribution in [3.63, 3.8) is 0 Å². The summed E-state index contributed by atoms with van der Waals surface area (Å²) >= 11 is 0. The fourth-order valence-electron chi connectivity index (χ4n) is 3.29. The molecule has 0 heterocycles. The van der Waals surface area contributed by atoms with Crippen LogP contribution in [0.1, 0.15) is 46.6 Å². The molecule has 34 heavy (non-hydrogen) atoms. The van der Waals surface area contributed by atoms with Crippen LogP contribution in [-0.2, 0) is 25.6 Å². The van der Waals surface area contributed by atoms with Gasteiger partial charge in [0.1, 0.15) is 24.2 Å². The molecule has 7 N–H and O–H groups in total. The summed E-state index contributed by atoms with van der Waals surface area (Å²) in [4.78, 5) is 50.1. The Morgan fingerprint density at radius 2 is 1.38 bits per heavy atom. The van der Waals surface area contributed by atoms with Crippen LogP contribution in [0.25, 0.3) is 0 Å². The Kier molecular flexibility index (Phi) is 11.7. The summed E-state index contributed by atoms with van der Waals surface area (Å²) in [6.45, 7) is 8.45. The average Bonchev–Trinajstić information content (AvgIpc) is 2.75. The maximum absolute atomic E-state index is 13.1. The van der Waals surface area contributed by atoms with E-state index in [0.29, 0.717) is 0 Å². The van der Waals surface area contributed by atoms with E-state index in [2.05, 4.69) is 16.0 Å². The summed E-state index contributed by atoms with van der Waals surface area (Å²) in [5.41, 5.74) is 6.45. The zero-order valence-electron chi connectivity index (χ0n) is 20.4. The van der Waals surface area contributed by atoms with Crippen LogP contribution in [0, 0.1) is 11.8 Å². The molecular formula is C24H38N4O6. The summed E-state index contributed by atoms with van der Waals surface area (Å²) in [6.07, 6.45) is -0.713. The molecule has 0 radical (unpaired) electrons. The van der Waals surface area contributed by atoms with E-state index in [1.807, 2.05) is 19.9 Å². The van der Waals surface area contributed by atoms with Crippen LogP contribution in [0.15, 0.2) is 30.3 Å². The van der Waals surface area contributed by atoms with Gasteiger partial charge < -0.3 is 31.9 Å². The topological polar surface area (TPSA) is 171 Å². The molecule has 5 atom stereocenters. The van der Waals surface area contributed by atoms with Gasteiger partial charge in [-0.05, 0) is 30.7 Å². The number of carbonyl (C=O) groups excluding carboxylic acids is 3. The second-order valence-electron chi connectivity index (χ2n) is 9.28. The number of amides is 3. The smallest absolute Gasteiger partial charge is 0.326 e. The Morgan fingerprint density at radius 1 is 0.853 bits per heavy atom. The van der Waals surface area contributed by atoms with Gasteiger partial charge in [0, 0.05) is 6.42 Å². The Labute approximate surface area is 200 Å². The molecule has 10 heteroatoms. The van der Waals surface area contributed by atoms with Gasteiger partial charge in [-0.3, -0.25) is 14.4 Å². The number of aliphatic carboxylic acids is 1. The number of aliphatic hydroxyl groups is 1. The van der Waals surface area contributed by atoms with Gasteiger partial charge in [0.15, 0.2) is 0 Å². The van der Waals surface area contributed by atoms with Crippen LogP contribution in [0.2, 0.25) is 0 Å². The third kappa shape index (κ3) is 9.48. The lowest BCUT2D eigenvalue weighted by molar-refractivity contribution is -0.143. The largest absolute Gasteiger partial charge is 0.480 e. The third-order valence-electron chi connectivity index (χ3n) is 5.31. The molecule has 0 saturated carbocycles. The van der Waals surface area contributed by atoms with E-state index in [0.717, 1.165) is 5.56 Å². The first-order valence-electron chi connectivity index (χ1n) is 11.4. The molecule has 0 spiro atoms. The number of hydrogen-bond donors (Lipinski definition) is 6. The summed E-state index contributed by atoms with van der Waals surface area (Å²) in [5, 5.41) is 26.8. The second-order valence-corrected chi connectivity index (χ2v) is 9.28. The van der Waals surface area contributed by atoms with E-state index >= 15 is 0 Å². The van der Waals surface area contributed by atoms with Crippen molar-refractivity contribution in [2.45, 2.75) is 77.7 Å². The fourth-order valence-corrected chi connectivity index (χ4v) is 3.29. The van der Waals surface area contributed by atoms with E-state index in [9.17, 15) is 29.4 Å². The van der Waals surface area contributed by atoms with Gasteiger partial charge in [0.05, 0.1) is 6.10 Å². The van der Waals surface area contributed by atoms with E-state index in [1.165, 1.54) is 6.92 Å². The first kappa shape index (κ1) is 29.1. The molecule has 1 aromatic carbocycles. The van der Waals surface area contributed by atoms with Crippen LogP contribution < -0.4 is 21.7 Å². The highest BCUT2D eigenvalue weighted by Gasteiger charge is 2.32. The highest BCUT2D eigenvalue weighted by atomic mass is 16.4. The van der Waals surface area contributed by atoms with E-state index in [-0.39, 0.29) is 24.7 Å². The number of carboxylic acid groups (broad SMARTS) is 1. The third-order valence-corrected chi connectivity index (χ3v) is 5.31. The van der Waals surface area contributed by atoms with Crippen molar-refractivity contribution in [3.8, 4) is 0 Å². The molecule has 1 aromatic rings. The number of carboxylic acids is 1. The minimum Gasteiger partial charge on any atom is -0.480 e. The van der Waals surface area contributed by atoms with Crippen LogP contribution in [-0.4, -0.2) is 64.2 Å². The molecule has 10 nitrogen and oxygen atoms in total. The first-order valence-corrected chi connectivity index (χ1v) is 11.4. The summed E-state index contributed by atoms with van der Waals surface area (Å²) < 4.78 is 0. The quantitative estimate of drug-likeness (QED) is 0.235. The molecule has 5 unspecified atom stereocenters. The van der Waals surface area contributed by atoms with Crippen molar-refractivity contribution in [3.05, 3.63) is 35.9 Å². The number of carbonyl (C=O) groups is 4. The molecular weight excluding hydrogens is 440 g/mol. The minimum absolute atomic E-state index is 0.0255. The lowest BCUT2D eigenvalue weighted by Gasteiger charge is -2.27. The van der Waals surface area contributed by atoms with Crippen molar-refractivity contribution in [1.29, 1.82) is 0 Å². The molecule has 0 aromatic heterocycles. The predicted molar refractivity (Wildman–Crippen MR) is 128 cm³/mol. The average molecular weight is 479 g/mol. The molecule has 0 saturated heterocycles. The summed E-state index contributed by atoms with van der Waals surface area (Å²) in [6, 6.07) is 4.56. The van der Waals surface area contributed by atoms with Gasteiger partial charge in [-0.1, -0.05) is 58.0 Å². The Balaban J connectivity index is 3.13. The standard InChI is InChI=1S/C24H38N4O6/c1-13(2)11-17(27-23(32)19(25)15(5)29)21(30)26-18(12-16-9-7-6-8-10-16)22(31)28-20(14(3)4)24(33)34/h6-10,13-15,17-20,29H,11-12,25H2,1-5H3,(H,26,30)(H,27,32)(H,28,31)(H,33,34). The van der Waals surface area contributed by atoms with E-state index < -0.39 is 54.0 Å². The second kappa shape index (κ2) is 13.7. The maximum atomic E-state index is 13.1. The Hall–Kier alpha value is -2.98. The van der Waals surface area contributed by atoms with Crippen LogP contribution in [0.5, 0.6) is 0 Å². The Bertz CT molecular complexity index is 828. The highest BCUT2D eigenvalue weighted by Crippen LogP contribution is 2.10. The molecule has 0 fully saturated rings. The van der Waals surface area contributed by atoms with Crippen molar-refractivity contribution in [1.82, 2.24) is 16.0 Å². The lowest BCUT2D eigenvalue weighted by Crippen LogP contribution is -2.59. The van der Waals surface area contributed by atoms with Gasteiger partial charge in [-0.25, -0.2) is 4.79 Å². The van der Waals surface area contributed by atoms with Crippen molar-refractivity contribution < 1.29 is 29.4 Å². The molecule has 190 valence electrons. The number of rotatable bonds is 13. The van der Waals surface area contributed by atoms with Crippen LogP contribution >= 0.6 is 0 Å². The number of hydrogen-bond acceptors (Lipinski definition) is 6. The number of nitrogens with one attached hydrogen (secondary N) is 3. The SMILES string of the molecule is CC(C)CC(NC(=O)C(N)C(C)O)C(=O)NC(Cc1ccccc1)C(=O)NC(C(=O)O)C(C)C. The minimum atomic E-state index is -1.21. The lowest BCUT2D eigenvalue weighted by atomic mass is 9.99. The van der Waals surface area contributed by atoms with Gasteiger partial charge in [-0.15, -0.1) is 0 Å². The Morgan fingerprint density at radius 3 is 1.85 bits per heavy atom. The van der Waals surface area contributed by atoms with Crippen molar-refractivity contribution >= 4 is 23.7 Å². The summed E-state index contributed by atoms with van der Waals surface area (Å²) in [7, 11) is 0. The molecule has 3 amide bonds. The number of aliphatic hydroxyl groups excluding tert-OH is 1. The molecule has 0 aliphatic carbocycles. The monoisotopic (exact) mass is 478 g/mol. The predicted octanol–water partition coefficient (Wildman–Crippen LogP) is 0.178. The van der Waals surface area contributed by atoms with Crippen LogP contribution in [0.4, 0.5) is 0 Å². The maximum Gasteiger partial charge on any atom is 0.326 e. The van der Waals surface area contributed by atoms with Gasteiger partial charge >= 0.3 is 5.97 Å². The number of benzene rings is 1.